The predicted molar refractivity (Wildman–Crippen MR) is 102 cm³/mol. The van der Waals surface area contributed by atoms with Crippen molar-refractivity contribution < 1.29 is 9.47 Å². The van der Waals surface area contributed by atoms with Crippen LogP contribution in [-0.2, 0) is 0 Å². The zero-order valence-corrected chi connectivity index (χ0v) is 15.7. The molecule has 0 aliphatic carbocycles. The molecule has 0 N–H and O–H groups in total. The lowest BCUT2D eigenvalue weighted by atomic mass is 10.1. The quantitative estimate of drug-likeness (QED) is 0.504. The van der Waals surface area contributed by atoms with Crippen LogP contribution in [0, 0.1) is 5.92 Å². The molecule has 4 heteroatoms. The largest absolute Gasteiger partial charge is 0.493 e. The summed E-state index contributed by atoms with van der Waals surface area (Å²) in [6.45, 7) is 7.97. The van der Waals surface area contributed by atoms with Gasteiger partial charge in [-0.25, -0.2) is 0 Å². The molecule has 1 unspecified atom stereocenters. The second kappa shape index (κ2) is 10.7. The number of benzene rings is 1. The van der Waals surface area contributed by atoms with Crippen molar-refractivity contribution in [2.24, 2.45) is 5.92 Å². The summed E-state index contributed by atoms with van der Waals surface area (Å²) in [5, 5.41) is 8.51. The number of rotatable bonds is 11. The van der Waals surface area contributed by atoms with E-state index in [2.05, 4.69) is 31.0 Å². The number of unbranched alkanes of at least 4 members (excludes halogenated alkanes) is 3. The first-order valence-electron chi connectivity index (χ1n) is 9.43. The van der Waals surface area contributed by atoms with Crippen molar-refractivity contribution in [1.82, 2.24) is 10.2 Å². The van der Waals surface area contributed by atoms with Crippen LogP contribution >= 0.6 is 0 Å². The van der Waals surface area contributed by atoms with Crippen LogP contribution in [0.2, 0.25) is 0 Å². The maximum absolute atomic E-state index is 5.98. The third-order valence-electron chi connectivity index (χ3n) is 4.27. The number of aromatic nitrogens is 2. The Morgan fingerprint density at radius 1 is 0.920 bits per heavy atom. The normalized spacial score (nSPS) is 12.0. The average Bonchev–Trinajstić information content (AvgIpc) is 2.66. The SMILES string of the molecule is CCCCCCOc1ccc(-c2ccccc2OCC(C)CC)nn1. The molecule has 136 valence electrons. The Kier molecular flexibility index (Phi) is 8.23. The Labute approximate surface area is 151 Å². The molecule has 2 aromatic rings. The van der Waals surface area contributed by atoms with Gasteiger partial charge >= 0.3 is 0 Å². The molecule has 0 amide bonds. The van der Waals surface area contributed by atoms with E-state index in [9.17, 15) is 0 Å². The fourth-order valence-electron chi connectivity index (χ4n) is 2.40. The van der Waals surface area contributed by atoms with E-state index < -0.39 is 0 Å². The summed E-state index contributed by atoms with van der Waals surface area (Å²) in [5.74, 6) is 1.96. The summed E-state index contributed by atoms with van der Waals surface area (Å²) >= 11 is 0. The molecular weight excluding hydrogens is 312 g/mol. The molecule has 0 aliphatic heterocycles. The van der Waals surface area contributed by atoms with Crippen molar-refractivity contribution >= 4 is 0 Å². The first-order valence-corrected chi connectivity index (χ1v) is 9.43. The fourth-order valence-corrected chi connectivity index (χ4v) is 2.40. The summed E-state index contributed by atoms with van der Waals surface area (Å²) in [6.07, 6.45) is 5.84. The van der Waals surface area contributed by atoms with Crippen LogP contribution in [0.3, 0.4) is 0 Å². The van der Waals surface area contributed by atoms with Crippen molar-refractivity contribution in [3.8, 4) is 22.9 Å². The molecule has 1 atom stereocenters. The smallest absolute Gasteiger partial charge is 0.233 e. The van der Waals surface area contributed by atoms with Gasteiger partial charge in [-0.05, 0) is 30.5 Å². The van der Waals surface area contributed by atoms with Gasteiger partial charge in [0.05, 0.1) is 18.9 Å². The molecule has 1 heterocycles. The zero-order chi connectivity index (χ0) is 17.9. The number of hydrogen-bond donors (Lipinski definition) is 0. The molecule has 25 heavy (non-hydrogen) atoms. The number of hydrogen-bond acceptors (Lipinski definition) is 4. The summed E-state index contributed by atoms with van der Waals surface area (Å²) in [5.41, 5.74) is 1.77. The summed E-state index contributed by atoms with van der Waals surface area (Å²) < 4.78 is 11.6. The van der Waals surface area contributed by atoms with Gasteiger partial charge in [0, 0.05) is 11.6 Å². The Morgan fingerprint density at radius 3 is 2.48 bits per heavy atom. The maximum Gasteiger partial charge on any atom is 0.233 e. The standard InChI is InChI=1S/C21H30N2O2/c1-4-6-7-10-15-24-21-14-13-19(22-23-21)18-11-8-9-12-20(18)25-16-17(3)5-2/h8-9,11-14,17H,4-7,10,15-16H2,1-3H3. The van der Waals surface area contributed by atoms with Gasteiger partial charge < -0.3 is 9.47 Å². The molecule has 0 radical (unpaired) electrons. The summed E-state index contributed by atoms with van der Waals surface area (Å²) in [6, 6.07) is 11.8. The molecule has 4 nitrogen and oxygen atoms in total. The van der Waals surface area contributed by atoms with E-state index in [0.29, 0.717) is 25.0 Å². The number of ether oxygens (including phenoxy) is 2. The van der Waals surface area contributed by atoms with Crippen LogP contribution in [0.25, 0.3) is 11.3 Å². The summed E-state index contributed by atoms with van der Waals surface area (Å²) in [7, 11) is 0. The number of para-hydroxylation sites is 1. The minimum Gasteiger partial charge on any atom is -0.493 e. The van der Waals surface area contributed by atoms with Crippen LogP contribution in [-0.4, -0.2) is 23.4 Å². The minimum atomic E-state index is 0.530. The number of nitrogens with zero attached hydrogens (tertiary/aromatic N) is 2. The van der Waals surface area contributed by atoms with Crippen LogP contribution < -0.4 is 9.47 Å². The molecule has 0 saturated heterocycles. The van der Waals surface area contributed by atoms with E-state index >= 15 is 0 Å². The third-order valence-corrected chi connectivity index (χ3v) is 4.27. The molecular formula is C21H30N2O2. The van der Waals surface area contributed by atoms with Crippen LogP contribution in [0.1, 0.15) is 52.9 Å². The van der Waals surface area contributed by atoms with E-state index in [0.717, 1.165) is 29.8 Å². The van der Waals surface area contributed by atoms with Gasteiger partial charge in [0.25, 0.3) is 0 Å². The fraction of sp³-hybridized carbons (Fsp3) is 0.524. The Balaban J connectivity index is 1.97. The van der Waals surface area contributed by atoms with Gasteiger partial charge in [-0.3, -0.25) is 0 Å². The molecule has 0 bridgehead atoms. The second-order valence-corrected chi connectivity index (χ2v) is 6.49. The van der Waals surface area contributed by atoms with E-state index in [1.807, 2.05) is 36.4 Å². The predicted octanol–water partition coefficient (Wildman–Crippen LogP) is 5.53. The lowest BCUT2D eigenvalue weighted by molar-refractivity contribution is 0.257. The van der Waals surface area contributed by atoms with Gasteiger partial charge in [-0.1, -0.05) is 58.6 Å². The van der Waals surface area contributed by atoms with E-state index in [1.54, 1.807) is 0 Å². The molecule has 1 aromatic heterocycles. The van der Waals surface area contributed by atoms with Crippen molar-refractivity contribution in [1.29, 1.82) is 0 Å². The molecule has 1 aromatic carbocycles. The highest BCUT2D eigenvalue weighted by molar-refractivity contribution is 5.66. The van der Waals surface area contributed by atoms with E-state index in [-0.39, 0.29) is 0 Å². The van der Waals surface area contributed by atoms with Crippen molar-refractivity contribution in [2.45, 2.75) is 52.9 Å². The van der Waals surface area contributed by atoms with Gasteiger partial charge in [0.2, 0.25) is 5.88 Å². The molecule has 0 saturated carbocycles. The lowest BCUT2D eigenvalue weighted by Gasteiger charge is -2.14. The lowest BCUT2D eigenvalue weighted by Crippen LogP contribution is -2.08. The third kappa shape index (κ3) is 6.37. The first-order chi connectivity index (χ1) is 12.2. The monoisotopic (exact) mass is 342 g/mol. The first kappa shape index (κ1) is 19.2. The van der Waals surface area contributed by atoms with Crippen LogP contribution in [0.15, 0.2) is 36.4 Å². The van der Waals surface area contributed by atoms with Crippen LogP contribution in [0.4, 0.5) is 0 Å². The average molecular weight is 342 g/mol. The molecule has 0 fully saturated rings. The zero-order valence-electron chi connectivity index (χ0n) is 15.7. The Hall–Kier alpha value is -2.10. The second-order valence-electron chi connectivity index (χ2n) is 6.49. The molecule has 2 rings (SSSR count). The Morgan fingerprint density at radius 2 is 1.76 bits per heavy atom. The Bertz CT molecular complexity index is 614. The van der Waals surface area contributed by atoms with Gasteiger partial charge in [-0.15, -0.1) is 10.2 Å². The van der Waals surface area contributed by atoms with Gasteiger partial charge in [0.1, 0.15) is 5.75 Å². The molecule has 0 spiro atoms. The van der Waals surface area contributed by atoms with Gasteiger partial charge in [0.15, 0.2) is 0 Å². The van der Waals surface area contributed by atoms with Gasteiger partial charge in [-0.2, -0.15) is 0 Å². The topological polar surface area (TPSA) is 44.2 Å². The maximum atomic E-state index is 5.98. The van der Waals surface area contributed by atoms with Crippen molar-refractivity contribution in [2.75, 3.05) is 13.2 Å². The van der Waals surface area contributed by atoms with Crippen molar-refractivity contribution in [3.63, 3.8) is 0 Å². The van der Waals surface area contributed by atoms with E-state index in [4.69, 9.17) is 9.47 Å². The van der Waals surface area contributed by atoms with E-state index in [1.165, 1.54) is 19.3 Å². The van der Waals surface area contributed by atoms with Crippen molar-refractivity contribution in [3.05, 3.63) is 36.4 Å². The molecule has 0 aliphatic rings. The summed E-state index contributed by atoms with van der Waals surface area (Å²) in [4.78, 5) is 0. The highest BCUT2D eigenvalue weighted by atomic mass is 16.5. The van der Waals surface area contributed by atoms with Crippen LogP contribution in [0.5, 0.6) is 11.6 Å². The highest BCUT2D eigenvalue weighted by Gasteiger charge is 2.09. The minimum absolute atomic E-state index is 0.530. The highest BCUT2D eigenvalue weighted by Crippen LogP contribution is 2.29.